The van der Waals surface area contributed by atoms with Crippen molar-refractivity contribution in [3.8, 4) is 0 Å². The SMILES string of the molecule is O=C(O)c1nn(Cc2ccccc2Br)c2c1CNCC2. The lowest BCUT2D eigenvalue weighted by atomic mass is 10.1. The van der Waals surface area contributed by atoms with Crippen LogP contribution < -0.4 is 5.32 Å². The highest BCUT2D eigenvalue weighted by molar-refractivity contribution is 9.10. The van der Waals surface area contributed by atoms with Gasteiger partial charge in [-0.3, -0.25) is 4.68 Å². The van der Waals surface area contributed by atoms with Gasteiger partial charge < -0.3 is 10.4 Å². The van der Waals surface area contributed by atoms with E-state index in [0.717, 1.165) is 34.3 Å². The van der Waals surface area contributed by atoms with Crippen molar-refractivity contribution in [2.24, 2.45) is 0 Å². The van der Waals surface area contributed by atoms with Crippen LogP contribution in [-0.4, -0.2) is 27.4 Å². The molecule has 0 atom stereocenters. The van der Waals surface area contributed by atoms with Gasteiger partial charge in [-0.15, -0.1) is 0 Å². The first kappa shape index (κ1) is 13.3. The topological polar surface area (TPSA) is 67.1 Å². The minimum absolute atomic E-state index is 0.166. The summed E-state index contributed by atoms with van der Waals surface area (Å²) in [5.41, 5.74) is 3.10. The molecule has 0 aliphatic carbocycles. The van der Waals surface area contributed by atoms with Gasteiger partial charge in [0.2, 0.25) is 0 Å². The molecular weight excluding hydrogens is 322 g/mol. The Morgan fingerprint density at radius 2 is 2.25 bits per heavy atom. The summed E-state index contributed by atoms with van der Waals surface area (Å²) in [4.78, 5) is 11.3. The van der Waals surface area contributed by atoms with Crippen LogP contribution in [0.3, 0.4) is 0 Å². The molecule has 0 radical (unpaired) electrons. The highest BCUT2D eigenvalue weighted by Gasteiger charge is 2.24. The number of nitrogens with one attached hydrogen (secondary N) is 1. The average Bonchev–Trinajstić information content (AvgIpc) is 2.81. The highest BCUT2D eigenvalue weighted by atomic mass is 79.9. The Hall–Kier alpha value is -1.66. The molecule has 1 aromatic carbocycles. The molecule has 104 valence electrons. The first-order chi connectivity index (χ1) is 9.66. The van der Waals surface area contributed by atoms with Gasteiger partial charge in [-0.1, -0.05) is 34.1 Å². The van der Waals surface area contributed by atoms with Crippen molar-refractivity contribution in [1.82, 2.24) is 15.1 Å². The molecule has 20 heavy (non-hydrogen) atoms. The van der Waals surface area contributed by atoms with Crippen LogP contribution in [0.4, 0.5) is 0 Å². The second kappa shape index (κ2) is 5.38. The van der Waals surface area contributed by atoms with Gasteiger partial charge in [0.15, 0.2) is 5.69 Å². The third-order valence-corrected chi connectivity index (χ3v) is 4.26. The zero-order valence-electron chi connectivity index (χ0n) is 10.8. The lowest BCUT2D eigenvalue weighted by Crippen LogP contribution is -2.25. The van der Waals surface area contributed by atoms with Crippen molar-refractivity contribution >= 4 is 21.9 Å². The molecule has 0 bridgehead atoms. The predicted molar refractivity (Wildman–Crippen MR) is 77.8 cm³/mol. The normalized spacial score (nSPS) is 14.1. The summed E-state index contributed by atoms with van der Waals surface area (Å²) in [7, 11) is 0. The number of fused-ring (bicyclic) bond motifs is 1. The van der Waals surface area contributed by atoms with Gasteiger partial charge >= 0.3 is 5.97 Å². The molecule has 1 aromatic heterocycles. The Balaban J connectivity index is 2.02. The van der Waals surface area contributed by atoms with E-state index in [1.165, 1.54) is 0 Å². The average molecular weight is 336 g/mol. The molecule has 0 spiro atoms. The second-order valence-electron chi connectivity index (χ2n) is 4.75. The quantitative estimate of drug-likeness (QED) is 0.900. The van der Waals surface area contributed by atoms with Gasteiger partial charge in [0.05, 0.1) is 6.54 Å². The standard InChI is InChI=1S/C14H14BrN3O2/c15-11-4-2-1-3-9(11)8-18-12-5-6-16-7-10(12)13(17-18)14(19)20/h1-4,16H,5-8H2,(H,19,20). The number of nitrogens with zero attached hydrogens (tertiary/aromatic N) is 2. The van der Waals surface area contributed by atoms with E-state index in [0.29, 0.717) is 13.1 Å². The van der Waals surface area contributed by atoms with Crippen LogP contribution in [-0.2, 0) is 19.5 Å². The van der Waals surface area contributed by atoms with E-state index >= 15 is 0 Å². The maximum absolute atomic E-state index is 11.3. The van der Waals surface area contributed by atoms with Gasteiger partial charge in [0.25, 0.3) is 0 Å². The molecule has 1 aliphatic heterocycles. The summed E-state index contributed by atoms with van der Waals surface area (Å²) in [5.74, 6) is -0.962. The number of carbonyl (C=O) groups is 1. The lowest BCUT2D eigenvalue weighted by molar-refractivity contribution is 0.0688. The molecule has 1 aliphatic rings. The molecule has 0 saturated heterocycles. The molecule has 3 rings (SSSR count). The van der Waals surface area contributed by atoms with E-state index in [1.54, 1.807) is 0 Å². The van der Waals surface area contributed by atoms with Crippen molar-refractivity contribution in [3.63, 3.8) is 0 Å². The molecular formula is C14H14BrN3O2. The summed E-state index contributed by atoms with van der Waals surface area (Å²) in [5, 5.41) is 16.7. The summed E-state index contributed by atoms with van der Waals surface area (Å²) in [6.45, 7) is 2.01. The second-order valence-corrected chi connectivity index (χ2v) is 5.61. The smallest absolute Gasteiger partial charge is 0.356 e. The maximum atomic E-state index is 11.3. The maximum Gasteiger partial charge on any atom is 0.356 e. The Bertz CT molecular complexity index is 666. The van der Waals surface area contributed by atoms with Crippen molar-refractivity contribution in [2.45, 2.75) is 19.5 Å². The third kappa shape index (κ3) is 2.36. The zero-order valence-corrected chi connectivity index (χ0v) is 12.4. The van der Waals surface area contributed by atoms with E-state index in [1.807, 2.05) is 28.9 Å². The van der Waals surface area contributed by atoms with Gasteiger partial charge in [-0.2, -0.15) is 5.10 Å². The fourth-order valence-corrected chi connectivity index (χ4v) is 2.92. The van der Waals surface area contributed by atoms with E-state index in [4.69, 9.17) is 0 Å². The van der Waals surface area contributed by atoms with Crippen LogP contribution >= 0.6 is 15.9 Å². The van der Waals surface area contributed by atoms with E-state index in [-0.39, 0.29) is 5.69 Å². The van der Waals surface area contributed by atoms with Crippen LogP contribution in [0, 0.1) is 0 Å². The van der Waals surface area contributed by atoms with Crippen LogP contribution in [0.1, 0.15) is 27.3 Å². The minimum Gasteiger partial charge on any atom is -0.476 e. The number of benzene rings is 1. The van der Waals surface area contributed by atoms with Crippen molar-refractivity contribution in [2.75, 3.05) is 6.54 Å². The molecule has 2 N–H and O–H groups in total. The van der Waals surface area contributed by atoms with Gasteiger partial charge in [-0.25, -0.2) is 4.79 Å². The van der Waals surface area contributed by atoms with Gasteiger partial charge in [0.1, 0.15) is 0 Å². The summed E-state index contributed by atoms with van der Waals surface area (Å²) in [6, 6.07) is 7.92. The monoisotopic (exact) mass is 335 g/mol. The van der Waals surface area contributed by atoms with Crippen LogP contribution in [0.25, 0.3) is 0 Å². The number of carboxylic acids is 1. The molecule has 0 unspecified atom stereocenters. The summed E-state index contributed by atoms with van der Waals surface area (Å²) >= 11 is 3.52. The van der Waals surface area contributed by atoms with E-state index in [2.05, 4.69) is 26.3 Å². The zero-order chi connectivity index (χ0) is 14.1. The van der Waals surface area contributed by atoms with Crippen molar-refractivity contribution in [3.05, 3.63) is 51.3 Å². The number of hydrogen-bond acceptors (Lipinski definition) is 3. The van der Waals surface area contributed by atoms with Crippen molar-refractivity contribution in [1.29, 1.82) is 0 Å². The summed E-state index contributed by atoms with van der Waals surface area (Å²) < 4.78 is 2.83. The van der Waals surface area contributed by atoms with Crippen LogP contribution in [0.5, 0.6) is 0 Å². The number of halogens is 1. The van der Waals surface area contributed by atoms with Gasteiger partial charge in [-0.05, 0) is 11.6 Å². The number of hydrogen-bond donors (Lipinski definition) is 2. The molecule has 5 nitrogen and oxygen atoms in total. The summed E-state index contributed by atoms with van der Waals surface area (Å²) in [6.07, 6.45) is 0.806. The van der Waals surface area contributed by atoms with E-state index in [9.17, 15) is 9.90 Å². The largest absolute Gasteiger partial charge is 0.476 e. The Kier molecular flexibility index (Phi) is 3.58. The lowest BCUT2D eigenvalue weighted by Gasteiger charge is -2.15. The Morgan fingerprint density at radius 3 is 3.00 bits per heavy atom. The molecule has 6 heteroatoms. The van der Waals surface area contributed by atoms with E-state index < -0.39 is 5.97 Å². The number of carboxylic acid groups (broad SMARTS) is 1. The molecule has 0 saturated carbocycles. The number of rotatable bonds is 3. The molecule has 0 amide bonds. The number of aromatic carboxylic acids is 1. The Morgan fingerprint density at radius 1 is 1.45 bits per heavy atom. The van der Waals surface area contributed by atoms with Crippen LogP contribution in [0.15, 0.2) is 28.7 Å². The molecule has 0 fully saturated rings. The van der Waals surface area contributed by atoms with Gasteiger partial charge in [0, 0.05) is 35.2 Å². The minimum atomic E-state index is -0.962. The van der Waals surface area contributed by atoms with Crippen molar-refractivity contribution < 1.29 is 9.90 Å². The fourth-order valence-electron chi connectivity index (χ4n) is 2.51. The third-order valence-electron chi connectivity index (χ3n) is 3.49. The first-order valence-corrected chi connectivity index (χ1v) is 7.22. The Labute approximate surface area is 124 Å². The molecule has 2 heterocycles. The highest BCUT2D eigenvalue weighted by Crippen LogP contribution is 2.22. The number of aromatic nitrogens is 2. The van der Waals surface area contributed by atoms with Crippen LogP contribution in [0.2, 0.25) is 0 Å². The fraction of sp³-hybridized carbons (Fsp3) is 0.286. The predicted octanol–water partition coefficient (Wildman–Crippen LogP) is 2.04. The first-order valence-electron chi connectivity index (χ1n) is 6.43. The molecule has 2 aromatic rings.